The van der Waals surface area contributed by atoms with Crippen LogP contribution in [0.4, 0.5) is 0 Å². The molecule has 4 nitrogen and oxygen atoms in total. The van der Waals surface area contributed by atoms with Crippen molar-refractivity contribution in [1.82, 2.24) is 9.88 Å². The molecule has 22 heavy (non-hydrogen) atoms. The fourth-order valence-electron chi connectivity index (χ4n) is 3.15. The third kappa shape index (κ3) is 3.38. The average molecular weight is 319 g/mol. The summed E-state index contributed by atoms with van der Waals surface area (Å²) in [5, 5.41) is 1.94. The molecule has 1 aromatic carbocycles. The first-order chi connectivity index (χ1) is 10.6. The molecule has 118 valence electrons. The highest BCUT2D eigenvalue weighted by Gasteiger charge is 2.17. The Kier molecular flexibility index (Phi) is 4.57. The summed E-state index contributed by atoms with van der Waals surface area (Å²) in [6.07, 6.45) is 5.40. The molecule has 1 fully saturated rings. The number of likely N-dealkylation sites (tertiary alicyclic amines) is 1. The summed E-state index contributed by atoms with van der Waals surface area (Å²) >= 11 is 6.08. The summed E-state index contributed by atoms with van der Waals surface area (Å²) in [7, 11) is 0. The van der Waals surface area contributed by atoms with E-state index in [9.17, 15) is 0 Å². The Hall–Kier alpha value is -1.68. The van der Waals surface area contributed by atoms with Crippen LogP contribution in [-0.2, 0) is 6.42 Å². The molecule has 1 aliphatic heterocycles. The van der Waals surface area contributed by atoms with Gasteiger partial charge in [-0.1, -0.05) is 18.5 Å². The van der Waals surface area contributed by atoms with Crippen molar-refractivity contribution in [1.29, 1.82) is 0 Å². The first-order valence-electron chi connectivity index (χ1n) is 7.94. The summed E-state index contributed by atoms with van der Waals surface area (Å²) in [6.45, 7) is 5.03. The number of H-pyrrole nitrogens is 1. The van der Waals surface area contributed by atoms with Crippen LogP contribution < -0.4 is 5.73 Å². The molecule has 1 unspecified atom stereocenters. The van der Waals surface area contributed by atoms with Crippen molar-refractivity contribution in [3.05, 3.63) is 35.0 Å². The van der Waals surface area contributed by atoms with Crippen LogP contribution in [-0.4, -0.2) is 35.5 Å². The van der Waals surface area contributed by atoms with Crippen molar-refractivity contribution in [2.75, 3.05) is 19.6 Å². The number of halogens is 1. The number of nitrogens with one attached hydrogen (secondary N) is 1. The number of guanidine groups is 1. The minimum absolute atomic E-state index is 0.685. The summed E-state index contributed by atoms with van der Waals surface area (Å²) in [4.78, 5) is 10.0. The lowest BCUT2D eigenvalue weighted by atomic mass is 10.0. The number of hydrogen-bond acceptors (Lipinski definition) is 1. The van der Waals surface area contributed by atoms with Gasteiger partial charge in [0.2, 0.25) is 0 Å². The maximum absolute atomic E-state index is 6.13. The van der Waals surface area contributed by atoms with Crippen molar-refractivity contribution in [3.8, 4) is 0 Å². The Morgan fingerprint density at radius 2 is 2.36 bits per heavy atom. The summed E-state index contributed by atoms with van der Waals surface area (Å²) in [6, 6.07) is 5.91. The van der Waals surface area contributed by atoms with Crippen LogP contribution in [0.2, 0.25) is 5.02 Å². The van der Waals surface area contributed by atoms with Crippen molar-refractivity contribution in [3.63, 3.8) is 0 Å². The number of hydrogen-bond donors (Lipinski definition) is 2. The first-order valence-corrected chi connectivity index (χ1v) is 8.31. The van der Waals surface area contributed by atoms with Gasteiger partial charge in [0, 0.05) is 41.8 Å². The van der Waals surface area contributed by atoms with Crippen molar-refractivity contribution < 1.29 is 0 Å². The van der Waals surface area contributed by atoms with Crippen LogP contribution in [0, 0.1) is 5.92 Å². The molecule has 0 amide bonds. The molecule has 0 bridgehead atoms. The van der Waals surface area contributed by atoms with Gasteiger partial charge < -0.3 is 15.6 Å². The normalized spacial score (nSPS) is 19.8. The monoisotopic (exact) mass is 318 g/mol. The molecule has 1 saturated heterocycles. The Balaban J connectivity index is 1.64. The van der Waals surface area contributed by atoms with E-state index in [4.69, 9.17) is 17.3 Å². The van der Waals surface area contributed by atoms with Crippen LogP contribution in [0.15, 0.2) is 29.4 Å². The molecule has 1 atom stereocenters. The summed E-state index contributed by atoms with van der Waals surface area (Å²) in [5.74, 6) is 1.39. The minimum atomic E-state index is 0.685. The third-order valence-electron chi connectivity index (χ3n) is 4.37. The van der Waals surface area contributed by atoms with E-state index in [1.807, 2.05) is 24.4 Å². The van der Waals surface area contributed by atoms with E-state index in [0.717, 1.165) is 30.0 Å². The molecular weight excluding hydrogens is 296 g/mol. The summed E-state index contributed by atoms with van der Waals surface area (Å²) < 4.78 is 0. The van der Waals surface area contributed by atoms with Gasteiger partial charge in [-0.15, -0.1) is 0 Å². The molecular formula is C17H23ClN4. The molecule has 0 aliphatic carbocycles. The number of nitrogens with two attached hydrogens (primary N) is 1. The minimum Gasteiger partial charge on any atom is -0.370 e. The van der Waals surface area contributed by atoms with E-state index >= 15 is 0 Å². The zero-order valence-corrected chi connectivity index (χ0v) is 13.7. The van der Waals surface area contributed by atoms with Crippen molar-refractivity contribution >= 4 is 28.5 Å². The number of rotatable bonds is 3. The molecule has 0 radical (unpaired) electrons. The molecule has 2 heterocycles. The second kappa shape index (κ2) is 6.61. The van der Waals surface area contributed by atoms with Crippen LogP contribution in [0.5, 0.6) is 0 Å². The van der Waals surface area contributed by atoms with Crippen LogP contribution >= 0.6 is 11.6 Å². The van der Waals surface area contributed by atoms with E-state index in [2.05, 4.69) is 21.8 Å². The number of aromatic nitrogens is 1. The Morgan fingerprint density at radius 3 is 3.18 bits per heavy atom. The lowest BCUT2D eigenvalue weighted by Crippen LogP contribution is -2.43. The quantitative estimate of drug-likeness (QED) is 0.673. The van der Waals surface area contributed by atoms with Gasteiger partial charge >= 0.3 is 0 Å². The zero-order chi connectivity index (χ0) is 15.5. The highest BCUT2D eigenvalue weighted by molar-refractivity contribution is 6.31. The Morgan fingerprint density at radius 1 is 1.50 bits per heavy atom. The fourth-order valence-corrected chi connectivity index (χ4v) is 3.32. The fraction of sp³-hybridized carbons (Fsp3) is 0.471. The van der Waals surface area contributed by atoms with Gasteiger partial charge in [-0.3, -0.25) is 4.99 Å². The van der Waals surface area contributed by atoms with Gasteiger partial charge in [0.25, 0.3) is 0 Å². The zero-order valence-electron chi connectivity index (χ0n) is 13.0. The van der Waals surface area contributed by atoms with Gasteiger partial charge in [-0.25, -0.2) is 0 Å². The highest BCUT2D eigenvalue weighted by atomic mass is 35.5. The standard InChI is InChI=1S/C17H23ClN4/c1-12-3-2-8-22(11-12)17(19)20-7-6-13-10-21-16-5-4-14(18)9-15(13)16/h4-5,9-10,12,21H,2-3,6-8,11H2,1H3,(H2,19,20). The SMILES string of the molecule is CC1CCCN(C(N)=NCCc2c[nH]c3ccc(Cl)cc23)C1. The molecule has 2 aromatic rings. The number of fused-ring (bicyclic) bond motifs is 1. The molecule has 1 aromatic heterocycles. The largest absolute Gasteiger partial charge is 0.370 e. The van der Waals surface area contributed by atoms with Gasteiger partial charge in [-0.05, 0) is 48.9 Å². The van der Waals surface area contributed by atoms with Crippen molar-refractivity contribution in [2.24, 2.45) is 16.6 Å². The first kappa shape index (κ1) is 15.2. The van der Waals surface area contributed by atoms with Crippen molar-refractivity contribution in [2.45, 2.75) is 26.2 Å². The molecule has 3 N–H and O–H groups in total. The van der Waals surface area contributed by atoms with Gasteiger partial charge in [0.15, 0.2) is 5.96 Å². The third-order valence-corrected chi connectivity index (χ3v) is 4.60. The lowest BCUT2D eigenvalue weighted by molar-refractivity contribution is 0.270. The highest BCUT2D eigenvalue weighted by Crippen LogP contribution is 2.22. The van der Waals surface area contributed by atoms with E-state index in [1.54, 1.807) is 0 Å². The van der Waals surface area contributed by atoms with E-state index in [0.29, 0.717) is 18.4 Å². The maximum atomic E-state index is 6.13. The molecule has 1 aliphatic rings. The molecule has 0 saturated carbocycles. The van der Waals surface area contributed by atoms with Gasteiger partial charge in [0.05, 0.1) is 0 Å². The number of nitrogens with zero attached hydrogens (tertiary/aromatic N) is 2. The summed E-state index contributed by atoms with van der Waals surface area (Å²) in [5.41, 5.74) is 8.48. The van der Waals surface area contributed by atoms with Crippen LogP contribution in [0.25, 0.3) is 10.9 Å². The Bertz CT molecular complexity index is 676. The predicted octanol–water partition coefficient (Wildman–Crippen LogP) is 3.41. The van der Waals surface area contributed by atoms with Gasteiger partial charge in [0.1, 0.15) is 0 Å². The van der Waals surface area contributed by atoms with E-state index in [1.165, 1.54) is 23.8 Å². The second-order valence-electron chi connectivity index (χ2n) is 6.19. The van der Waals surface area contributed by atoms with Crippen LogP contribution in [0.3, 0.4) is 0 Å². The number of aromatic amines is 1. The van der Waals surface area contributed by atoms with E-state index in [-0.39, 0.29) is 0 Å². The number of aliphatic imine (C=N–C) groups is 1. The predicted molar refractivity (Wildman–Crippen MR) is 93.5 cm³/mol. The Labute approximate surface area is 136 Å². The molecule has 5 heteroatoms. The van der Waals surface area contributed by atoms with E-state index < -0.39 is 0 Å². The second-order valence-corrected chi connectivity index (χ2v) is 6.62. The average Bonchev–Trinajstić information content (AvgIpc) is 2.89. The number of piperidine rings is 1. The maximum Gasteiger partial charge on any atom is 0.191 e. The topological polar surface area (TPSA) is 57.4 Å². The molecule has 3 rings (SSSR count). The lowest BCUT2D eigenvalue weighted by Gasteiger charge is -2.31. The molecule has 0 spiro atoms. The number of benzene rings is 1. The van der Waals surface area contributed by atoms with Crippen LogP contribution in [0.1, 0.15) is 25.3 Å². The van der Waals surface area contributed by atoms with Gasteiger partial charge in [-0.2, -0.15) is 0 Å². The smallest absolute Gasteiger partial charge is 0.191 e.